The smallest absolute Gasteiger partial charge is 0.125 e. The third-order valence-electron chi connectivity index (χ3n) is 10.6. The molecule has 0 amide bonds. The zero-order valence-corrected chi connectivity index (χ0v) is 27.0. The summed E-state index contributed by atoms with van der Waals surface area (Å²) in [7, 11) is 0. The largest absolute Gasteiger partial charge is 0.493 e. The molecule has 1 aliphatic rings. The van der Waals surface area contributed by atoms with Crippen molar-refractivity contribution in [3.05, 3.63) is 77.4 Å². The molecule has 0 N–H and O–H groups in total. The summed E-state index contributed by atoms with van der Waals surface area (Å²) in [4.78, 5) is 0. The molecule has 1 saturated carbocycles. The molecule has 1 aliphatic carbocycles. The summed E-state index contributed by atoms with van der Waals surface area (Å²) < 4.78 is 6.54. The van der Waals surface area contributed by atoms with Crippen molar-refractivity contribution in [1.29, 1.82) is 0 Å². The fraction of sp³-hybridized carbons (Fsp3) is 0.550. The lowest BCUT2D eigenvalue weighted by Crippen LogP contribution is -2.21. The molecule has 4 rings (SSSR count). The standard InChI is InChI=1S/C40H56O/c1-7-33-28-38(29-34(8-2)39(33)41-27-26-40(9-3,10-4)11-5)37-24-22-36(23-25-37)35-20-18-32(19-21-35)17-16-31-14-12-30(6)13-15-31/h18-25,28-31H,7-17,26-27H2,1-6H3. The van der Waals surface area contributed by atoms with Crippen molar-refractivity contribution in [3.63, 3.8) is 0 Å². The van der Waals surface area contributed by atoms with Gasteiger partial charge in [0, 0.05) is 0 Å². The van der Waals surface area contributed by atoms with Gasteiger partial charge in [-0.1, -0.05) is 135 Å². The van der Waals surface area contributed by atoms with Gasteiger partial charge in [-0.3, -0.25) is 0 Å². The predicted molar refractivity (Wildman–Crippen MR) is 179 cm³/mol. The molecule has 3 aromatic rings. The van der Waals surface area contributed by atoms with Crippen molar-refractivity contribution < 1.29 is 4.74 Å². The number of aryl methyl sites for hydroxylation is 3. The van der Waals surface area contributed by atoms with Crippen molar-refractivity contribution in [2.75, 3.05) is 6.61 Å². The second-order valence-electron chi connectivity index (χ2n) is 12.9. The quantitative estimate of drug-likeness (QED) is 0.193. The average Bonchev–Trinajstić information content (AvgIpc) is 3.03. The average molecular weight is 553 g/mol. The Morgan fingerprint density at radius 2 is 1.15 bits per heavy atom. The van der Waals surface area contributed by atoms with E-state index in [0.29, 0.717) is 5.41 Å². The second kappa shape index (κ2) is 15.1. The van der Waals surface area contributed by atoms with E-state index in [0.717, 1.165) is 43.5 Å². The van der Waals surface area contributed by atoms with Gasteiger partial charge < -0.3 is 4.74 Å². The minimum absolute atomic E-state index is 0.411. The molecular formula is C40H56O. The third kappa shape index (κ3) is 8.06. The highest BCUT2D eigenvalue weighted by atomic mass is 16.5. The van der Waals surface area contributed by atoms with Gasteiger partial charge in [-0.25, -0.2) is 0 Å². The van der Waals surface area contributed by atoms with E-state index in [4.69, 9.17) is 4.74 Å². The molecule has 1 nitrogen and oxygen atoms in total. The molecule has 0 saturated heterocycles. The fourth-order valence-electron chi connectivity index (χ4n) is 6.99. The van der Waals surface area contributed by atoms with Gasteiger partial charge in [0.1, 0.15) is 5.75 Å². The molecule has 0 unspecified atom stereocenters. The summed E-state index contributed by atoms with van der Waals surface area (Å²) >= 11 is 0. The Balaban J connectivity index is 1.42. The number of hydrogen-bond acceptors (Lipinski definition) is 1. The molecule has 0 aromatic heterocycles. The van der Waals surface area contributed by atoms with Crippen LogP contribution in [0.25, 0.3) is 22.3 Å². The highest BCUT2D eigenvalue weighted by molar-refractivity contribution is 5.72. The second-order valence-corrected chi connectivity index (χ2v) is 12.9. The number of benzene rings is 3. The van der Waals surface area contributed by atoms with Gasteiger partial charge in [0.15, 0.2) is 0 Å². The molecule has 0 heterocycles. The maximum absolute atomic E-state index is 6.54. The van der Waals surface area contributed by atoms with E-state index in [2.05, 4.69) is 102 Å². The normalized spacial score (nSPS) is 17.5. The number of ether oxygens (including phenoxy) is 1. The Labute approximate surface area is 252 Å². The maximum Gasteiger partial charge on any atom is 0.125 e. The first kappa shape index (κ1) is 31.4. The van der Waals surface area contributed by atoms with Crippen LogP contribution in [-0.4, -0.2) is 6.61 Å². The summed E-state index contributed by atoms with van der Waals surface area (Å²) in [5.74, 6) is 3.00. The van der Waals surface area contributed by atoms with Gasteiger partial charge in [0.25, 0.3) is 0 Å². The van der Waals surface area contributed by atoms with E-state index < -0.39 is 0 Å². The van der Waals surface area contributed by atoms with Gasteiger partial charge in [0.05, 0.1) is 6.61 Å². The van der Waals surface area contributed by atoms with Crippen molar-refractivity contribution in [3.8, 4) is 28.0 Å². The molecule has 0 radical (unpaired) electrons. The minimum Gasteiger partial charge on any atom is -0.493 e. The van der Waals surface area contributed by atoms with Gasteiger partial charge in [-0.15, -0.1) is 0 Å². The molecule has 1 fully saturated rings. The molecule has 222 valence electrons. The highest BCUT2D eigenvalue weighted by Crippen LogP contribution is 2.37. The highest BCUT2D eigenvalue weighted by Gasteiger charge is 2.24. The lowest BCUT2D eigenvalue weighted by molar-refractivity contribution is 0.172. The van der Waals surface area contributed by atoms with Crippen molar-refractivity contribution in [2.24, 2.45) is 17.3 Å². The van der Waals surface area contributed by atoms with Crippen molar-refractivity contribution >= 4 is 0 Å². The Hall–Kier alpha value is -2.54. The summed E-state index contributed by atoms with van der Waals surface area (Å²) in [5.41, 5.74) is 9.74. The zero-order chi connectivity index (χ0) is 29.2. The SMILES string of the molecule is CCc1cc(-c2ccc(-c3ccc(CCC4CCC(C)CC4)cc3)cc2)cc(CC)c1OCCC(CC)(CC)CC. The molecule has 3 aromatic carbocycles. The molecule has 1 heteroatoms. The summed E-state index contributed by atoms with van der Waals surface area (Å²) in [6.07, 6.45) is 15.1. The van der Waals surface area contributed by atoms with Crippen LogP contribution in [0.2, 0.25) is 0 Å². The zero-order valence-electron chi connectivity index (χ0n) is 27.0. The predicted octanol–water partition coefficient (Wildman–Crippen LogP) is 11.9. The van der Waals surface area contributed by atoms with E-state index in [1.807, 2.05) is 0 Å². The monoisotopic (exact) mass is 552 g/mol. The van der Waals surface area contributed by atoms with E-state index >= 15 is 0 Å². The van der Waals surface area contributed by atoms with Crippen molar-refractivity contribution in [2.45, 2.75) is 119 Å². The van der Waals surface area contributed by atoms with Crippen molar-refractivity contribution in [1.82, 2.24) is 0 Å². The molecule has 0 atom stereocenters. The van der Waals surface area contributed by atoms with Gasteiger partial charge in [0.2, 0.25) is 0 Å². The first-order valence-corrected chi connectivity index (χ1v) is 16.9. The maximum atomic E-state index is 6.54. The Kier molecular flexibility index (Phi) is 11.5. The van der Waals surface area contributed by atoms with E-state index in [1.54, 1.807) is 0 Å². The van der Waals surface area contributed by atoms with Crippen LogP contribution in [0.4, 0.5) is 0 Å². The van der Waals surface area contributed by atoms with Crippen LogP contribution in [0.5, 0.6) is 5.75 Å². The summed E-state index contributed by atoms with van der Waals surface area (Å²) in [5, 5.41) is 0. The molecule has 0 aliphatic heterocycles. The van der Waals surface area contributed by atoms with E-state index in [9.17, 15) is 0 Å². The number of rotatable bonds is 14. The first-order chi connectivity index (χ1) is 19.9. The topological polar surface area (TPSA) is 9.23 Å². The van der Waals surface area contributed by atoms with Gasteiger partial charge in [-0.2, -0.15) is 0 Å². The third-order valence-corrected chi connectivity index (χ3v) is 10.6. The molecule has 41 heavy (non-hydrogen) atoms. The lowest BCUT2D eigenvalue weighted by Gasteiger charge is -2.30. The Morgan fingerprint density at radius 1 is 0.659 bits per heavy atom. The number of hydrogen-bond donors (Lipinski definition) is 0. The van der Waals surface area contributed by atoms with Crippen LogP contribution in [0, 0.1) is 17.3 Å². The molecular weight excluding hydrogens is 496 g/mol. The minimum atomic E-state index is 0.411. The summed E-state index contributed by atoms with van der Waals surface area (Å²) in [6.45, 7) is 14.7. The van der Waals surface area contributed by atoms with Gasteiger partial charge >= 0.3 is 0 Å². The van der Waals surface area contributed by atoms with Crippen LogP contribution in [0.15, 0.2) is 60.7 Å². The van der Waals surface area contributed by atoms with Gasteiger partial charge in [-0.05, 0) is 100 Å². The molecule has 0 spiro atoms. The first-order valence-electron chi connectivity index (χ1n) is 16.9. The van der Waals surface area contributed by atoms with Crippen LogP contribution in [0.3, 0.4) is 0 Å². The lowest BCUT2D eigenvalue weighted by atomic mass is 9.77. The Bertz CT molecular complexity index is 1160. The Morgan fingerprint density at radius 3 is 1.63 bits per heavy atom. The van der Waals surface area contributed by atoms with Crippen LogP contribution < -0.4 is 4.74 Å². The van der Waals surface area contributed by atoms with Crippen LogP contribution in [0.1, 0.15) is 116 Å². The molecule has 0 bridgehead atoms. The van der Waals surface area contributed by atoms with E-state index in [-0.39, 0.29) is 0 Å². The van der Waals surface area contributed by atoms with E-state index in [1.165, 1.54) is 96.7 Å². The fourth-order valence-corrected chi connectivity index (χ4v) is 6.99. The van der Waals surface area contributed by atoms with Crippen LogP contribution >= 0.6 is 0 Å². The summed E-state index contributed by atoms with van der Waals surface area (Å²) in [6, 6.07) is 23.2. The van der Waals surface area contributed by atoms with Crippen LogP contribution in [-0.2, 0) is 19.3 Å².